The quantitative estimate of drug-likeness (QED) is 0.873. The molecule has 1 aromatic rings. The van der Waals surface area contributed by atoms with Crippen molar-refractivity contribution < 1.29 is 14.3 Å². The minimum Gasteiger partial charge on any atom is -0.368 e. The molecule has 1 heterocycles. The van der Waals surface area contributed by atoms with Crippen LogP contribution in [-0.4, -0.2) is 31.1 Å². The van der Waals surface area contributed by atoms with E-state index in [1.54, 1.807) is 24.3 Å². The van der Waals surface area contributed by atoms with E-state index in [4.69, 9.17) is 4.74 Å². The molecule has 1 aliphatic heterocycles. The number of carbonyl (C=O) groups excluding carboxylic acids is 2. The van der Waals surface area contributed by atoms with Gasteiger partial charge in [0.25, 0.3) is 11.8 Å². The molecular weight excluding hydrogens is 268 g/mol. The van der Waals surface area contributed by atoms with Crippen LogP contribution in [0.2, 0.25) is 0 Å². The number of amides is 2. The Kier molecular flexibility index (Phi) is 5.33. The number of anilines is 1. The van der Waals surface area contributed by atoms with Gasteiger partial charge in [-0.15, -0.1) is 0 Å². The molecule has 5 heteroatoms. The summed E-state index contributed by atoms with van der Waals surface area (Å²) in [4.78, 5) is 23.8. The lowest BCUT2D eigenvalue weighted by molar-refractivity contribution is -0.124. The number of benzene rings is 1. The van der Waals surface area contributed by atoms with Crippen LogP contribution in [0.15, 0.2) is 24.3 Å². The Morgan fingerprint density at radius 2 is 2.00 bits per heavy atom. The highest BCUT2D eigenvalue weighted by Gasteiger charge is 2.23. The average molecular weight is 290 g/mol. The summed E-state index contributed by atoms with van der Waals surface area (Å²) >= 11 is 0. The molecule has 0 spiro atoms. The summed E-state index contributed by atoms with van der Waals surface area (Å²) < 4.78 is 5.33. The van der Waals surface area contributed by atoms with Gasteiger partial charge in [0.2, 0.25) is 0 Å². The minimum absolute atomic E-state index is 0.0966. The predicted octanol–water partition coefficient (Wildman–Crippen LogP) is 2.19. The van der Waals surface area contributed by atoms with Crippen molar-refractivity contribution in [2.24, 2.45) is 5.92 Å². The number of rotatable bonds is 5. The zero-order valence-electron chi connectivity index (χ0n) is 12.5. The number of carbonyl (C=O) groups is 2. The van der Waals surface area contributed by atoms with Gasteiger partial charge in [-0.2, -0.15) is 0 Å². The third-order valence-corrected chi connectivity index (χ3v) is 3.31. The molecule has 2 N–H and O–H groups in total. The van der Waals surface area contributed by atoms with E-state index in [0.717, 1.165) is 12.8 Å². The number of ether oxygens (including phenoxy) is 1. The molecule has 2 amide bonds. The van der Waals surface area contributed by atoms with Crippen LogP contribution >= 0.6 is 0 Å². The summed E-state index contributed by atoms with van der Waals surface area (Å²) in [6.07, 6.45) is 1.34. The third kappa shape index (κ3) is 4.56. The normalized spacial score (nSPS) is 17.8. The second-order valence-electron chi connectivity index (χ2n) is 5.67. The fourth-order valence-corrected chi connectivity index (χ4v) is 2.11. The summed E-state index contributed by atoms with van der Waals surface area (Å²) in [7, 11) is 0. The number of hydrogen-bond acceptors (Lipinski definition) is 3. The lowest BCUT2D eigenvalue weighted by Gasteiger charge is -2.11. The van der Waals surface area contributed by atoms with Crippen molar-refractivity contribution in [1.82, 2.24) is 5.32 Å². The van der Waals surface area contributed by atoms with E-state index in [9.17, 15) is 9.59 Å². The summed E-state index contributed by atoms with van der Waals surface area (Å²) in [5, 5.41) is 5.66. The van der Waals surface area contributed by atoms with E-state index in [-0.39, 0.29) is 17.9 Å². The van der Waals surface area contributed by atoms with Crippen molar-refractivity contribution in [3.63, 3.8) is 0 Å². The summed E-state index contributed by atoms with van der Waals surface area (Å²) in [5.74, 6) is 0.198. The molecule has 1 saturated heterocycles. The van der Waals surface area contributed by atoms with Gasteiger partial charge in [-0.3, -0.25) is 9.59 Å². The monoisotopic (exact) mass is 290 g/mol. The highest BCUT2D eigenvalue weighted by molar-refractivity contribution is 5.96. The predicted molar refractivity (Wildman–Crippen MR) is 81.2 cm³/mol. The maximum Gasteiger partial charge on any atom is 0.253 e. The van der Waals surface area contributed by atoms with Crippen molar-refractivity contribution in [2.45, 2.75) is 32.8 Å². The first-order valence-corrected chi connectivity index (χ1v) is 7.37. The van der Waals surface area contributed by atoms with Gasteiger partial charge in [-0.05, 0) is 43.0 Å². The van der Waals surface area contributed by atoms with Crippen LogP contribution in [0.5, 0.6) is 0 Å². The molecule has 1 aromatic carbocycles. The van der Waals surface area contributed by atoms with Gasteiger partial charge in [0, 0.05) is 24.4 Å². The van der Waals surface area contributed by atoms with Gasteiger partial charge < -0.3 is 15.4 Å². The van der Waals surface area contributed by atoms with Crippen molar-refractivity contribution >= 4 is 17.5 Å². The summed E-state index contributed by atoms with van der Waals surface area (Å²) in [6.45, 7) is 5.39. The van der Waals surface area contributed by atoms with Gasteiger partial charge in [-0.25, -0.2) is 0 Å². The molecule has 114 valence electrons. The Bertz CT molecular complexity index is 491. The van der Waals surface area contributed by atoms with Gasteiger partial charge in [-0.1, -0.05) is 13.8 Å². The van der Waals surface area contributed by atoms with Crippen LogP contribution in [0.4, 0.5) is 5.69 Å². The molecule has 1 atom stereocenters. The zero-order valence-corrected chi connectivity index (χ0v) is 12.5. The smallest absolute Gasteiger partial charge is 0.253 e. The van der Waals surface area contributed by atoms with Crippen LogP contribution in [0, 0.1) is 5.92 Å². The molecular formula is C16H22N2O3. The first-order chi connectivity index (χ1) is 10.1. The largest absolute Gasteiger partial charge is 0.368 e. The standard InChI is InChI=1S/C16H22N2O3/c1-11(2)10-17-15(19)12-5-7-13(8-6-12)18-16(20)14-4-3-9-21-14/h5-8,11,14H,3-4,9-10H2,1-2H3,(H,17,19)(H,18,20)/t14-/m0/s1. The van der Waals surface area contributed by atoms with Crippen LogP contribution in [0.1, 0.15) is 37.0 Å². The molecule has 0 unspecified atom stereocenters. The minimum atomic E-state index is -0.348. The fraction of sp³-hybridized carbons (Fsp3) is 0.500. The molecule has 0 bridgehead atoms. The number of hydrogen-bond donors (Lipinski definition) is 2. The molecule has 0 aliphatic carbocycles. The van der Waals surface area contributed by atoms with Gasteiger partial charge >= 0.3 is 0 Å². The van der Waals surface area contributed by atoms with Crippen LogP contribution < -0.4 is 10.6 Å². The molecule has 0 aromatic heterocycles. The Morgan fingerprint density at radius 3 is 2.57 bits per heavy atom. The molecule has 5 nitrogen and oxygen atoms in total. The Labute approximate surface area is 125 Å². The second-order valence-corrected chi connectivity index (χ2v) is 5.67. The lowest BCUT2D eigenvalue weighted by atomic mass is 10.1. The van der Waals surface area contributed by atoms with Gasteiger partial charge in [0.1, 0.15) is 6.10 Å². The number of nitrogens with one attached hydrogen (secondary N) is 2. The molecule has 1 aliphatic rings. The van der Waals surface area contributed by atoms with Crippen LogP contribution in [0.3, 0.4) is 0 Å². The topological polar surface area (TPSA) is 67.4 Å². The second kappa shape index (κ2) is 7.22. The highest BCUT2D eigenvalue weighted by atomic mass is 16.5. The van der Waals surface area contributed by atoms with E-state index in [0.29, 0.717) is 30.3 Å². The van der Waals surface area contributed by atoms with E-state index < -0.39 is 0 Å². The molecule has 1 fully saturated rings. The first kappa shape index (κ1) is 15.5. The third-order valence-electron chi connectivity index (χ3n) is 3.31. The van der Waals surface area contributed by atoms with Gasteiger partial charge in [0.05, 0.1) is 0 Å². The fourth-order valence-electron chi connectivity index (χ4n) is 2.11. The Balaban J connectivity index is 1.89. The van der Waals surface area contributed by atoms with Crippen molar-refractivity contribution in [3.05, 3.63) is 29.8 Å². The van der Waals surface area contributed by atoms with Crippen molar-refractivity contribution in [1.29, 1.82) is 0 Å². The van der Waals surface area contributed by atoms with E-state index >= 15 is 0 Å². The maximum atomic E-state index is 11.9. The van der Waals surface area contributed by atoms with Crippen LogP contribution in [0.25, 0.3) is 0 Å². The Morgan fingerprint density at radius 1 is 1.29 bits per heavy atom. The molecule has 0 radical (unpaired) electrons. The van der Waals surface area contributed by atoms with E-state index in [1.165, 1.54) is 0 Å². The molecule has 21 heavy (non-hydrogen) atoms. The lowest BCUT2D eigenvalue weighted by Crippen LogP contribution is -2.28. The SMILES string of the molecule is CC(C)CNC(=O)c1ccc(NC(=O)[C@@H]2CCCO2)cc1. The summed E-state index contributed by atoms with van der Waals surface area (Å²) in [6, 6.07) is 6.88. The van der Waals surface area contributed by atoms with E-state index in [2.05, 4.69) is 10.6 Å². The highest BCUT2D eigenvalue weighted by Crippen LogP contribution is 2.15. The van der Waals surface area contributed by atoms with Gasteiger partial charge in [0.15, 0.2) is 0 Å². The maximum absolute atomic E-state index is 11.9. The average Bonchev–Trinajstić information content (AvgIpc) is 3.00. The van der Waals surface area contributed by atoms with E-state index in [1.807, 2.05) is 13.8 Å². The van der Waals surface area contributed by atoms with Crippen LogP contribution in [-0.2, 0) is 9.53 Å². The molecule has 0 saturated carbocycles. The van der Waals surface area contributed by atoms with Crippen molar-refractivity contribution in [2.75, 3.05) is 18.5 Å². The summed E-state index contributed by atoms with van der Waals surface area (Å²) in [5.41, 5.74) is 1.27. The Hall–Kier alpha value is -1.88. The van der Waals surface area contributed by atoms with Crippen molar-refractivity contribution in [3.8, 4) is 0 Å². The molecule has 2 rings (SSSR count). The zero-order chi connectivity index (χ0) is 15.2. The first-order valence-electron chi connectivity index (χ1n) is 7.37.